The summed E-state index contributed by atoms with van der Waals surface area (Å²) in [6.45, 7) is 0. The van der Waals surface area contributed by atoms with Crippen LogP contribution in [-0.4, -0.2) is 5.78 Å². The summed E-state index contributed by atoms with van der Waals surface area (Å²) in [6, 6.07) is 0. The third-order valence-corrected chi connectivity index (χ3v) is 3.68. The third-order valence-electron chi connectivity index (χ3n) is 3.68. The smallest absolute Gasteiger partial charge is 0.148 e. The molecular formula is C12H16O. The van der Waals surface area contributed by atoms with Crippen molar-refractivity contribution in [2.24, 2.45) is 17.8 Å². The molecule has 0 aliphatic heterocycles. The van der Waals surface area contributed by atoms with Crippen LogP contribution in [0.2, 0.25) is 0 Å². The minimum Gasteiger partial charge on any atom is -0.298 e. The van der Waals surface area contributed by atoms with Crippen molar-refractivity contribution in [3.8, 4) is 12.3 Å². The zero-order valence-corrected chi connectivity index (χ0v) is 7.96. The molecule has 2 aliphatic carbocycles. The minimum atomic E-state index is -0.0425. The first-order valence-corrected chi connectivity index (χ1v) is 5.32. The second-order valence-corrected chi connectivity index (χ2v) is 4.36. The van der Waals surface area contributed by atoms with Gasteiger partial charge in [-0.1, -0.05) is 25.2 Å². The van der Waals surface area contributed by atoms with E-state index in [1.54, 1.807) is 0 Å². The Bertz CT molecular complexity index is 248. The van der Waals surface area contributed by atoms with Crippen LogP contribution >= 0.6 is 0 Å². The van der Waals surface area contributed by atoms with E-state index in [2.05, 4.69) is 5.92 Å². The Hall–Kier alpha value is -0.770. The van der Waals surface area contributed by atoms with Crippen LogP contribution in [-0.2, 0) is 4.79 Å². The summed E-state index contributed by atoms with van der Waals surface area (Å²) < 4.78 is 0. The molecule has 0 aromatic heterocycles. The standard InChI is InChI=1S/C12H16O/c1-2-10-11-6-4-3-5-9(11)7-8-12(10)13/h1,9-11H,3-8H2. The van der Waals surface area contributed by atoms with Gasteiger partial charge in [0.2, 0.25) is 0 Å². The highest BCUT2D eigenvalue weighted by molar-refractivity contribution is 5.84. The van der Waals surface area contributed by atoms with E-state index in [1.165, 1.54) is 25.7 Å². The zero-order valence-electron chi connectivity index (χ0n) is 7.96. The number of rotatable bonds is 0. The van der Waals surface area contributed by atoms with E-state index < -0.39 is 0 Å². The van der Waals surface area contributed by atoms with Gasteiger partial charge in [-0.3, -0.25) is 4.79 Å². The molecule has 0 N–H and O–H groups in total. The molecule has 2 rings (SSSR count). The predicted molar refractivity (Wildman–Crippen MR) is 52.0 cm³/mol. The number of Topliss-reactive ketones (excluding diaryl/α,β-unsaturated/α-hetero) is 1. The summed E-state index contributed by atoms with van der Waals surface area (Å²) in [4.78, 5) is 11.5. The Morgan fingerprint density at radius 2 is 2.00 bits per heavy atom. The Kier molecular flexibility index (Phi) is 2.40. The average Bonchev–Trinajstić information content (AvgIpc) is 2.18. The summed E-state index contributed by atoms with van der Waals surface area (Å²) >= 11 is 0. The van der Waals surface area contributed by atoms with Gasteiger partial charge in [0.25, 0.3) is 0 Å². The molecule has 0 aromatic carbocycles. The monoisotopic (exact) mass is 176 g/mol. The molecule has 0 aromatic rings. The number of ketones is 1. The highest BCUT2D eigenvalue weighted by Gasteiger charge is 2.38. The Balaban J connectivity index is 2.14. The van der Waals surface area contributed by atoms with E-state index in [-0.39, 0.29) is 5.92 Å². The van der Waals surface area contributed by atoms with Gasteiger partial charge in [-0.2, -0.15) is 0 Å². The number of hydrogen-bond acceptors (Lipinski definition) is 1. The van der Waals surface area contributed by atoms with Crippen LogP contribution in [0.15, 0.2) is 0 Å². The lowest BCUT2D eigenvalue weighted by Gasteiger charge is -2.38. The van der Waals surface area contributed by atoms with Crippen LogP contribution in [0.1, 0.15) is 38.5 Å². The molecule has 2 fully saturated rings. The van der Waals surface area contributed by atoms with E-state index in [4.69, 9.17) is 6.42 Å². The van der Waals surface area contributed by atoms with Crippen molar-refractivity contribution in [3.05, 3.63) is 0 Å². The van der Waals surface area contributed by atoms with E-state index in [1.807, 2.05) is 0 Å². The molecule has 2 saturated carbocycles. The lowest BCUT2D eigenvalue weighted by Crippen LogP contribution is -2.36. The molecule has 0 bridgehead atoms. The van der Waals surface area contributed by atoms with Gasteiger partial charge in [0.15, 0.2) is 0 Å². The second kappa shape index (κ2) is 3.54. The van der Waals surface area contributed by atoms with Crippen LogP contribution in [0.4, 0.5) is 0 Å². The molecule has 70 valence electrons. The quantitative estimate of drug-likeness (QED) is 0.518. The average molecular weight is 176 g/mol. The van der Waals surface area contributed by atoms with Crippen LogP contribution in [0.3, 0.4) is 0 Å². The lowest BCUT2D eigenvalue weighted by molar-refractivity contribution is -0.126. The van der Waals surface area contributed by atoms with Gasteiger partial charge in [0.1, 0.15) is 5.78 Å². The maximum atomic E-state index is 11.5. The van der Waals surface area contributed by atoms with E-state index >= 15 is 0 Å². The Labute approximate surface area is 79.9 Å². The highest BCUT2D eigenvalue weighted by Crippen LogP contribution is 2.41. The first-order valence-electron chi connectivity index (χ1n) is 5.32. The number of hydrogen-bond donors (Lipinski definition) is 0. The fourth-order valence-corrected chi connectivity index (χ4v) is 2.97. The van der Waals surface area contributed by atoms with Gasteiger partial charge >= 0.3 is 0 Å². The summed E-state index contributed by atoms with van der Waals surface area (Å²) in [5.74, 6) is 4.27. The van der Waals surface area contributed by atoms with Crippen molar-refractivity contribution in [2.75, 3.05) is 0 Å². The molecule has 0 radical (unpaired) electrons. The molecule has 0 spiro atoms. The van der Waals surface area contributed by atoms with Gasteiger partial charge in [-0.15, -0.1) is 6.42 Å². The molecule has 3 unspecified atom stereocenters. The summed E-state index contributed by atoms with van der Waals surface area (Å²) in [6.07, 6.45) is 12.4. The van der Waals surface area contributed by atoms with Crippen molar-refractivity contribution >= 4 is 5.78 Å². The topological polar surface area (TPSA) is 17.1 Å². The Morgan fingerprint density at radius 3 is 2.77 bits per heavy atom. The van der Waals surface area contributed by atoms with Crippen molar-refractivity contribution in [1.29, 1.82) is 0 Å². The van der Waals surface area contributed by atoms with Crippen LogP contribution in [0.5, 0.6) is 0 Å². The molecule has 3 atom stereocenters. The van der Waals surface area contributed by atoms with Crippen molar-refractivity contribution < 1.29 is 4.79 Å². The van der Waals surface area contributed by atoms with Crippen LogP contribution < -0.4 is 0 Å². The third kappa shape index (κ3) is 1.50. The summed E-state index contributed by atoms with van der Waals surface area (Å²) in [5.41, 5.74) is 0. The van der Waals surface area contributed by atoms with Gasteiger partial charge in [0.05, 0.1) is 5.92 Å². The lowest BCUT2D eigenvalue weighted by atomic mass is 9.65. The molecule has 1 nitrogen and oxygen atoms in total. The molecule has 2 aliphatic rings. The highest BCUT2D eigenvalue weighted by atomic mass is 16.1. The van der Waals surface area contributed by atoms with Crippen LogP contribution in [0.25, 0.3) is 0 Å². The van der Waals surface area contributed by atoms with Crippen LogP contribution in [0, 0.1) is 30.1 Å². The minimum absolute atomic E-state index is 0.0425. The van der Waals surface area contributed by atoms with Crippen molar-refractivity contribution in [3.63, 3.8) is 0 Å². The zero-order chi connectivity index (χ0) is 9.26. The SMILES string of the molecule is C#CC1C(=O)CCC2CCCCC21. The first-order chi connectivity index (χ1) is 6.33. The van der Waals surface area contributed by atoms with Crippen molar-refractivity contribution in [2.45, 2.75) is 38.5 Å². The first kappa shape index (κ1) is 8.81. The summed E-state index contributed by atoms with van der Waals surface area (Å²) in [5, 5.41) is 0. The number of carbonyl (C=O) groups is 1. The molecule has 0 heterocycles. The maximum absolute atomic E-state index is 11.5. The fraction of sp³-hybridized carbons (Fsp3) is 0.750. The number of terminal acetylenes is 1. The van der Waals surface area contributed by atoms with Gasteiger partial charge in [-0.05, 0) is 24.7 Å². The normalized spacial score (nSPS) is 39.3. The van der Waals surface area contributed by atoms with E-state index in [0.29, 0.717) is 11.7 Å². The maximum Gasteiger partial charge on any atom is 0.148 e. The molecule has 0 amide bonds. The molecular weight excluding hydrogens is 160 g/mol. The van der Waals surface area contributed by atoms with E-state index in [9.17, 15) is 4.79 Å². The largest absolute Gasteiger partial charge is 0.298 e. The second-order valence-electron chi connectivity index (χ2n) is 4.36. The molecule has 13 heavy (non-hydrogen) atoms. The number of fused-ring (bicyclic) bond motifs is 1. The summed E-state index contributed by atoms with van der Waals surface area (Å²) in [7, 11) is 0. The Morgan fingerprint density at radius 1 is 1.23 bits per heavy atom. The molecule has 0 saturated heterocycles. The van der Waals surface area contributed by atoms with Crippen molar-refractivity contribution in [1.82, 2.24) is 0 Å². The van der Waals surface area contributed by atoms with Gasteiger partial charge in [0, 0.05) is 6.42 Å². The van der Waals surface area contributed by atoms with Gasteiger partial charge < -0.3 is 0 Å². The number of carbonyl (C=O) groups excluding carboxylic acids is 1. The molecule has 1 heteroatoms. The van der Waals surface area contributed by atoms with E-state index in [0.717, 1.165) is 18.8 Å². The fourth-order valence-electron chi connectivity index (χ4n) is 2.97. The van der Waals surface area contributed by atoms with Gasteiger partial charge in [-0.25, -0.2) is 0 Å². The predicted octanol–water partition coefficient (Wildman–Crippen LogP) is 2.41.